The van der Waals surface area contributed by atoms with Crippen LogP contribution in [0.4, 0.5) is 4.39 Å². The molecule has 0 bridgehead atoms. The van der Waals surface area contributed by atoms with E-state index in [4.69, 9.17) is 4.52 Å². The third kappa shape index (κ3) is 2.51. The van der Waals surface area contributed by atoms with Crippen LogP contribution in [0.5, 0.6) is 0 Å². The fourth-order valence-electron chi connectivity index (χ4n) is 2.39. The molecule has 2 heterocycles. The van der Waals surface area contributed by atoms with Crippen LogP contribution in [0.15, 0.2) is 22.7 Å². The predicted octanol–water partition coefficient (Wildman–Crippen LogP) is 2.65. The molecule has 1 N–H and O–H groups in total. The van der Waals surface area contributed by atoms with Crippen molar-refractivity contribution in [1.29, 1.82) is 0 Å². The van der Waals surface area contributed by atoms with E-state index in [1.165, 1.54) is 6.07 Å². The van der Waals surface area contributed by atoms with Gasteiger partial charge in [0.1, 0.15) is 5.82 Å². The largest absolute Gasteiger partial charge is 0.334 e. The van der Waals surface area contributed by atoms with E-state index in [1.54, 1.807) is 12.1 Å². The molecule has 3 rings (SSSR count). The summed E-state index contributed by atoms with van der Waals surface area (Å²) in [7, 11) is 0. The first-order valence-electron chi connectivity index (χ1n) is 6.55. The minimum atomic E-state index is -0.331. The van der Waals surface area contributed by atoms with E-state index >= 15 is 0 Å². The topological polar surface area (TPSA) is 51.0 Å². The summed E-state index contributed by atoms with van der Waals surface area (Å²) in [5, 5.41) is 7.30. The second-order valence-corrected chi connectivity index (χ2v) is 4.98. The van der Waals surface area contributed by atoms with Crippen LogP contribution in [0.25, 0.3) is 11.5 Å². The average Bonchev–Trinajstić information content (AvgIpc) is 2.92. The third-order valence-corrected chi connectivity index (χ3v) is 3.46. The van der Waals surface area contributed by atoms with Gasteiger partial charge >= 0.3 is 0 Å². The normalized spacial score (nSPS) is 19.6. The van der Waals surface area contributed by atoms with Crippen molar-refractivity contribution in [2.75, 3.05) is 13.1 Å². The van der Waals surface area contributed by atoms with Crippen LogP contribution in [0.2, 0.25) is 0 Å². The highest BCUT2D eigenvalue weighted by molar-refractivity contribution is 5.55. The lowest BCUT2D eigenvalue weighted by molar-refractivity contribution is 0.392. The Morgan fingerprint density at radius 1 is 1.42 bits per heavy atom. The van der Waals surface area contributed by atoms with Gasteiger partial charge in [0, 0.05) is 12.5 Å². The zero-order chi connectivity index (χ0) is 13.2. The number of hydrogen-bond donors (Lipinski definition) is 1. The SMILES string of the molecule is Cc1ccc(F)c(-c2nc(C3CCCNC3)no2)c1. The molecular weight excluding hydrogens is 245 g/mol. The second kappa shape index (κ2) is 5.09. The number of hydrogen-bond acceptors (Lipinski definition) is 4. The van der Waals surface area contributed by atoms with E-state index in [9.17, 15) is 4.39 Å². The van der Waals surface area contributed by atoms with Gasteiger partial charge in [-0.05, 0) is 38.4 Å². The molecule has 0 amide bonds. The Balaban J connectivity index is 1.89. The molecule has 1 aromatic heterocycles. The van der Waals surface area contributed by atoms with Crippen LogP contribution >= 0.6 is 0 Å². The molecule has 2 aromatic rings. The van der Waals surface area contributed by atoms with E-state index in [1.807, 2.05) is 6.92 Å². The van der Waals surface area contributed by atoms with Crippen LogP contribution in [-0.4, -0.2) is 23.2 Å². The summed E-state index contributed by atoms with van der Waals surface area (Å²) in [6.45, 7) is 3.80. The second-order valence-electron chi connectivity index (χ2n) is 4.98. The molecule has 0 spiro atoms. The van der Waals surface area contributed by atoms with Gasteiger partial charge in [-0.3, -0.25) is 0 Å². The fraction of sp³-hybridized carbons (Fsp3) is 0.429. The Kier molecular flexibility index (Phi) is 3.29. The summed E-state index contributed by atoms with van der Waals surface area (Å²) >= 11 is 0. The van der Waals surface area contributed by atoms with Crippen molar-refractivity contribution in [3.63, 3.8) is 0 Å². The van der Waals surface area contributed by atoms with Crippen LogP contribution in [-0.2, 0) is 0 Å². The maximum Gasteiger partial charge on any atom is 0.260 e. The number of piperidine rings is 1. The Hall–Kier alpha value is -1.75. The minimum Gasteiger partial charge on any atom is -0.334 e. The number of aromatic nitrogens is 2. The summed E-state index contributed by atoms with van der Waals surface area (Å²) in [6, 6.07) is 4.88. The van der Waals surface area contributed by atoms with Crippen LogP contribution in [0.1, 0.15) is 30.1 Å². The van der Waals surface area contributed by atoms with Crippen LogP contribution < -0.4 is 5.32 Å². The molecule has 1 atom stereocenters. The van der Waals surface area contributed by atoms with E-state index in [0.717, 1.165) is 31.5 Å². The van der Waals surface area contributed by atoms with Gasteiger partial charge in [-0.25, -0.2) is 4.39 Å². The summed E-state index contributed by atoms with van der Waals surface area (Å²) in [4.78, 5) is 4.35. The smallest absolute Gasteiger partial charge is 0.260 e. The average molecular weight is 261 g/mol. The molecule has 5 heteroatoms. The number of rotatable bonds is 2. The first-order valence-corrected chi connectivity index (χ1v) is 6.55. The van der Waals surface area contributed by atoms with Crippen molar-refractivity contribution in [2.24, 2.45) is 0 Å². The zero-order valence-corrected chi connectivity index (χ0v) is 10.8. The number of benzene rings is 1. The molecule has 1 fully saturated rings. The lowest BCUT2D eigenvalue weighted by Crippen LogP contribution is -2.28. The minimum absolute atomic E-state index is 0.263. The van der Waals surface area contributed by atoms with Crippen molar-refractivity contribution in [3.05, 3.63) is 35.4 Å². The molecule has 4 nitrogen and oxygen atoms in total. The molecular formula is C14H16FN3O. The van der Waals surface area contributed by atoms with Crippen molar-refractivity contribution >= 4 is 0 Å². The van der Waals surface area contributed by atoms with Gasteiger partial charge in [0.25, 0.3) is 5.89 Å². The van der Waals surface area contributed by atoms with Gasteiger partial charge < -0.3 is 9.84 Å². The molecule has 1 saturated heterocycles. The summed E-state index contributed by atoms with van der Waals surface area (Å²) < 4.78 is 19.0. The Morgan fingerprint density at radius 3 is 3.11 bits per heavy atom. The molecule has 0 saturated carbocycles. The van der Waals surface area contributed by atoms with Gasteiger partial charge in [-0.2, -0.15) is 4.98 Å². The van der Waals surface area contributed by atoms with Gasteiger partial charge in [0.15, 0.2) is 5.82 Å². The number of nitrogens with zero attached hydrogens (tertiary/aromatic N) is 2. The Labute approximate surface area is 111 Å². The van der Waals surface area contributed by atoms with E-state index in [-0.39, 0.29) is 17.6 Å². The van der Waals surface area contributed by atoms with Gasteiger partial charge in [-0.1, -0.05) is 16.8 Å². The van der Waals surface area contributed by atoms with Gasteiger partial charge in [0.05, 0.1) is 5.56 Å². The van der Waals surface area contributed by atoms with Crippen LogP contribution in [0.3, 0.4) is 0 Å². The van der Waals surface area contributed by atoms with Gasteiger partial charge in [0.2, 0.25) is 0 Å². The third-order valence-electron chi connectivity index (χ3n) is 3.46. The molecule has 0 radical (unpaired) electrons. The first-order chi connectivity index (χ1) is 9.24. The van der Waals surface area contributed by atoms with Gasteiger partial charge in [-0.15, -0.1) is 0 Å². The Morgan fingerprint density at radius 2 is 2.32 bits per heavy atom. The number of halogens is 1. The van der Waals surface area contributed by atoms with Crippen molar-refractivity contribution in [3.8, 4) is 11.5 Å². The van der Waals surface area contributed by atoms with E-state index < -0.39 is 0 Å². The maximum atomic E-state index is 13.8. The summed E-state index contributed by atoms with van der Waals surface area (Å²) in [5.41, 5.74) is 1.35. The number of aryl methyl sites for hydroxylation is 1. The lowest BCUT2D eigenvalue weighted by atomic mass is 9.99. The Bertz CT molecular complexity index is 576. The summed E-state index contributed by atoms with van der Waals surface area (Å²) in [5.74, 6) is 0.867. The molecule has 1 unspecified atom stereocenters. The maximum absolute atomic E-state index is 13.8. The molecule has 1 aliphatic rings. The zero-order valence-electron chi connectivity index (χ0n) is 10.8. The van der Waals surface area contributed by atoms with Crippen molar-refractivity contribution < 1.29 is 8.91 Å². The van der Waals surface area contributed by atoms with Crippen LogP contribution in [0, 0.1) is 12.7 Å². The highest BCUT2D eigenvalue weighted by Gasteiger charge is 2.22. The molecule has 1 aromatic carbocycles. The highest BCUT2D eigenvalue weighted by atomic mass is 19.1. The fourth-order valence-corrected chi connectivity index (χ4v) is 2.39. The van der Waals surface area contributed by atoms with Crippen molar-refractivity contribution in [1.82, 2.24) is 15.5 Å². The predicted molar refractivity (Wildman–Crippen MR) is 69.3 cm³/mol. The molecule has 1 aliphatic heterocycles. The molecule has 19 heavy (non-hydrogen) atoms. The quantitative estimate of drug-likeness (QED) is 0.903. The van der Waals surface area contributed by atoms with E-state index in [0.29, 0.717) is 11.4 Å². The summed E-state index contributed by atoms with van der Waals surface area (Å²) in [6.07, 6.45) is 2.15. The first kappa shape index (κ1) is 12.3. The molecule has 100 valence electrons. The standard InChI is InChI=1S/C14H16FN3O/c1-9-4-5-12(15)11(7-9)14-17-13(18-19-14)10-3-2-6-16-8-10/h4-5,7,10,16H,2-3,6,8H2,1H3. The highest BCUT2D eigenvalue weighted by Crippen LogP contribution is 2.26. The monoisotopic (exact) mass is 261 g/mol. The van der Waals surface area contributed by atoms with E-state index in [2.05, 4.69) is 15.5 Å². The molecule has 0 aliphatic carbocycles. The number of nitrogens with one attached hydrogen (secondary N) is 1. The van der Waals surface area contributed by atoms with Crippen molar-refractivity contribution in [2.45, 2.75) is 25.7 Å². The lowest BCUT2D eigenvalue weighted by Gasteiger charge is -2.19.